The lowest BCUT2D eigenvalue weighted by Crippen LogP contribution is -2.14. The lowest BCUT2D eigenvalue weighted by molar-refractivity contribution is -0.116. The molecule has 0 atom stereocenters. The molecule has 7 nitrogen and oxygen atoms in total. The topological polar surface area (TPSA) is 113 Å². The molecule has 0 saturated heterocycles. The van der Waals surface area contributed by atoms with Gasteiger partial charge in [0.15, 0.2) is 9.84 Å². The SMILES string of the molecule is CCOC(=O)c1sc(NC(=O)CCCS(=O)(=O)c2ccc(C)cc2)c(C#N)c1C. The molecule has 0 unspecified atom stereocenters. The Morgan fingerprint density at radius 2 is 1.86 bits per heavy atom. The molecule has 1 heterocycles. The van der Waals surface area contributed by atoms with E-state index in [1.54, 1.807) is 38.1 Å². The molecule has 29 heavy (non-hydrogen) atoms. The Morgan fingerprint density at radius 1 is 1.21 bits per heavy atom. The van der Waals surface area contributed by atoms with Crippen molar-refractivity contribution < 1.29 is 22.7 Å². The van der Waals surface area contributed by atoms with Gasteiger partial charge >= 0.3 is 5.97 Å². The Balaban J connectivity index is 2.01. The van der Waals surface area contributed by atoms with E-state index in [4.69, 9.17) is 4.74 Å². The monoisotopic (exact) mass is 434 g/mol. The average molecular weight is 435 g/mol. The molecule has 1 N–H and O–H groups in total. The maximum atomic E-state index is 12.3. The van der Waals surface area contributed by atoms with E-state index < -0.39 is 21.7 Å². The van der Waals surface area contributed by atoms with E-state index >= 15 is 0 Å². The minimum atomic E-state index is -3.47. The Bertz CT molecular complexity index is 1050. The highest BCUT2D eigenvalue weighted by Crippen LogP contribution is 2.33. The highest BCUT2D eigenvalue weighted by atomic mass is 32.2. The number of amides is 1. The lowest BCUT2D eigenvalue weighted by Gasteiger charge is -2.06. The number of esters is 1. The number of benzene rings is 1. The van der Waals surface area contributed by atoms with Crippen LogP contribution >= 0.6 is 11.3 Å². The fourth-order valence-corrected chi connectivity index (χ4v) is 4.98. The van der Waals surface area contributed by atoms with Gasteiger partial charge in [0.1, 0.15) is 15.9 Å². The maximum Gasteiger partial charge on any atom is 0.348 e. The quantitative estimate of drug-likeness (QED) is 0.635. The molecule has 0 aliphatic carbocycles. The van der Waals surface area contributed by atoms with E-state index in [1.807, 2.05) is 13.0 Å². The van der Waals surface area contributed by atoms with Gasteiger partial charge in [0.2, 0.25) is 5.91 Å². The first-order chi connectivity index (χ1) is 13.7. The number of sulfone groups is 1. The van der Waals surface area contributed by atoms with E-state index in [-0.39, 0.29) is 45.5 Å². The van der Waals surface area contributed by atoms with Crippen LogP contribution in [0.1, 0.15) is 46.1 Å². The van der Waals surface area contributed by atoms with Gasteiger partial charge in [-0.25, -0.2) is 13.2 Å². The molecule has 154 valence electrons. The van der Waals surface area contributed by atoms with Gasteiger partial charge < -0.3 is 10.1 Å². The number of nitrogens with one attached hydrogen (secondary N) is 1. The Kier molecular flexibility index (Phi) is 7.53. The van der Waals surface area contributed by atoms with Crippen LogP contribution < -0.4 is 5.32 Å². The van der Waals surface area contributed by atoms with Gasteiger partial charge in [-0.3, -0.25) is 4.79 Å². The summed E-state index contributed by atoms with van der Waals surface area (Å²) in [6, 6.07) is 8.54. The molecular formula is C20H22N2O5S2. The van der Waals surface area contributed by atoms with E-state index in [2.05, 4.69) is 5.32 Å². The second-order valence-corrected chi connectivity index (χ2v) is 9.51. The van der Waals surface area contributed by atoms with Crippen molar-refractivity contribution in [2.75, 3.05) is 17.7 Å². The summed E-state index contributed by atoms with van der Waals surface area (Å²) >= 11 is 0.977. The van der Waals surface area contributed by atoms with Crippen LogP contribution in [-0.4, -0.2) is 32.7 Å². The molecular weight excluding hydrogens is 412 g/mol. The van der Waals surface area contributed by atoms with E-state index in [0.29, 0.717) is 5.56 Å². The van der Waals surface area contributed by atoms with Crippen molar-refractivity contribution in [1.82, 2.24) is 0 Å². The van der Waals surface area contributed by atoms with Crippen LogP contribution in [0.4, 0.5) is 5.00 Å². The van der Waals surface area contributed by atoms with Crippen molar-refractivity contribution in [3.8, 4) is 6.07 Å². The summed E-state index contributed by atoms with van der Waals surface area (Å²) in [4.78, 5) is 24.7. The molecule has 0 spiro atoms. The number of carbonyl (C=O) groups excluding carboxylic acids is 2. The van der Waals surface area contributed by atoms with Crippen LogP contribution in [0.15, 0.2) is 29.2 Å². The van der Waals surface area contributed by atoms with Crippen LogP contribution in [0.2, 0.25) is 0 Å². The number of rotatable bonds is 8. The first-order valence-electron chi connectivity index (χ1n) is 8.99. The van der Waals surface area contributed by atoms with Crippen LogP contribution in [0.25, 0.3) is 0 Å². The predicted molar refractivity (Wildman–Crippen MR) is 111 cm³/mol. The van der Waals surface area contributed by atoms with Crippen molar-refractivity contribution in [1.29, 1.82) is 5.26 Å². The number of carbonyl (C=O) groups is 2. The smallest absolute Gasteiger partial charge is 0.348 e. The molecule has 1 aromatic heterocycles. The number of hydrogen-bond donors (Lipinski definition) is 1. The van der Waals surface area contributed by atoms with E-state index in [9.17, 15) is 23.3 Å². The standard InChI is InChI=1S/C20H22N2O5S2/c1-4-27-20(24)18-14(3)16(12-21)19(28-18)22-17(23)6-5-11-29(25,26)15-9-7-13(2)8-10-15/h7-10H,4-6,11H2,1-3H3,(H,22,23). The minimum Gasteiger partial charge on any atom is -0.462 e. The predicted octanol–water partition coefficient (Wildman–Crippen LogP) is 3.61. The molecule has 0 radical (unpaired) electrons. The molecule has 9 heteroatoms. The third kappa shape index (κ3) is 5.65. The van der Waals surface area contributed by atoms with Crippen molar-refractivity contribution in [2.45, 2.75) is 38.5 Å². The highest BCUT2D eigenvalue weighted by molar-refractivity contribution is 7.91. The van der Waals surface area contributed by atoms with Gasteiger partial charge in [-0.1, -0.05) is 17.7 Å². The summed E-state index contributed by atoms with van der Waals surface area (Å²) in [6.45, 7) is 5.37. The number of nitriles is 1. The summed E-state index contributed by atoms with van der Waals surface area (Å²) < 4.78 is 29.6. The van der Waals surface area contributed by atoms with Gasteiger partial charge in [-0.15, -0.1) is 11.3 Å². The summed E-state index contributed by atoms with van der Waals surface area (Å²) in [7, 11) is -3.47. The fraction of sp³-hybridized carbons (Fsp3) is 0.350. The van der Waals surface area contributed by atoms with Crippen molar-refractivity contribution in [3.05, 3.63) is 45.8 Å². The van der Waals surface area contributed by atoms with Crippen molar-refractivity contribution >= 4 is 38.1 Å². The zero-order chi connectivity index (χ0) is 21.6. The molecule has 1 aromatic carbocycles. The van der Waals surface area contributed by atoms with Crippen LogP contribution in [0.3, 0.4) is 0 Å². The number of nitrogens with zero attached hydrogens (tertiary/aromatic N) is 1. The van der Waals surface area contributed by atoms with Crippen LogP contribution in [-0.2, 0) is 19.4 Å². The van der Waals surface area contributed by atoms with Crippen molar-refractivity contribution in [2.24, 2.45) is 0 Å². The normalized spacial score (nSPS) is 11.0. The molecule has 0 aliphatic heterocycles. The largest absolute Gasteiger partial charge is 0.462 e. The molecule has 1 amide bonds. The molecule has 2 rings (SSSR count). The zero-order valence-electron chi connectivity index (χ0n) is 16.4. The number of hydrogen-bond acceptors (Lipinski definition) is 7. The molecule has 0 bridgehead atoms. The molecule has 2 aromatic rings. The van der Waals surface area contributed by atoms with E-state index in [1.165, 1.54) is 0 Å². The summed E-state index contributed by atoms with van der Waals surface area (Å²) in [6.07, 6.45) is 0.112. The van der Waals surface area contributed by atoms with Gasteiger partial charge in [0.25, 0.3) is 0 Å². The zero-order valence-corrected chi connectivity index (χ0v) is 18.1. The van der Waals surface area contributed by atoms with E-state index in [0.717, 1.165) is 16.9 Å². The fourth-order valence-electron chi connectivity index (χ4n) is 2.60. The molecule has 0 saturated carbocycles. The van der Waals surface area contributed by atoms with Gasteiger partial charge in [0, 0.05) is 6.42 Å². The Labute approximate surface area is 174 Å². The summed E-state index contributed by atoms with van der Waals surface area (Å²) in [5.41, 5.74) is 1.62. The third-order valence-electron chi connectivity index (χ3n) is 4.17. The Morgan fingerprint density at radius 3 is 2.45 bits per heavy atom. The second kappa shape index (κ2) is 9.67. The number of ether oxygens (including phenoxy) is 1. The average Bonchev–Trinajstić information content (AvgIpc) is 2.97. The number of aryl methyl sites for hydroxylation is 1. The third-order valence-corrected chi connectivity index (χ3v) is 7.17. The first kappa shape index (κ1) is 22.6. The maximum absolute atomic E-state index is 12.3. The summed E-state index contributed by atoms with van der Waals surface area (Å²) in [5, 5.41) is 12.2. The minimum absolute atomic E-state index is 0.0261. The van der Waals surface area contributed by atoms with Crippen LogP contribution in [0.5, 0.6) is 0 Å². The Hall–Kier alpha value is -2.70. The lowest BCUT2D eigenvalue weighted by atomic mass is 10.1. The van der Waals surface area contributed by atoms with Gasteiger partial charge in [0.05, 0.1) is 22.8 Å². The van der Waals surface area contributed by atoms with Gasteiger partial charge in [-0.05, 0) is 44.9 Å². The van der Waals surface area contributed by atoms with Crippen LogP contribution in [0, 0.1) is 25.2 Å². The van der Waals surface area contributed by atoms with Crippen molar-refractivity contribution in [3.63, 3.8) is 0 Å². The number of anilines is 1. The number of thiophene rings is 1. The first-order valence-corrected chi connectivity index (χ1v) is 11.5. The second-order valence-electron chi connectivity index (χ2n) is 6.38. The molecule has 0 fully saturated rings. The molecule has 0 aliphatic rings. The van der Waals surface area contributed by atoms with Gasteiger partial charge in [-0.2, -0.15) is 5.26 Å². The summed E-state index contributed by atoms with van der Waals surface area (Å²) in [5.74, 6) is -1.12. The highest BCUT2D eigenvalue weighted by Gasteiger charge is 2.22.